The zero-order chi connectivity index (χ0) is 17.0. The summed E-state index contributed by atoms with van der Waals surface area (Å²) in [6.07, 6.45) is 0. The standard InChI is InChI=1S/C16H14ClN3O3/c1-10-3-4-13(9-15(10)20(22)23)11(2)18-19-16(21)12-5-7-14(17)8-6-12/h3-9H,1-2H3,(H,19,21)/b18-11-. The van der Waals surface area contributed by atoms with Crippen LogP contribution < -0.4 is 5.43 Å². The molecule has 0 aliphatic rings. The molecule has 7 heteroatoms. The third kappa shape index (κ3) is 4.14. The number of nitro groups is 1. The van der Waals surface area contributed by atoms with Crippen LogP contribution in [0.5, 0.6) is 0 Å². The summed E-state index contributed by atoms with van der Waals surface area (Å²) in [5, 5.41) is 15.5. The van der Waals surface area contributed by atoms with Crippen LogP contribution in [0.3, 0.4) is 0 Å². The molecular weight excluding hydrogens is 318 g/mol. The number of nitrogens with zero attached hydrogens (tertiary/aromatic N) is 2. The largest absolute Gasteiger partial charge is 0.272 e. The van der Waals surface area contributed by atoms with Gasteiger partial charge in [-0.15, -0.1) is 0 Å². The molecule has 0 bridgehead atoms. The predicted molar refractivity (Wildman–Crippen MR) is 89.0 cm³/mol. The predicted octanol–water partition coefficient (Wildman–Crippen LogP) is 3.71. The van der Waals surface area contributed by atoms with E-state index in [1.807, 2.05) is 0 Å². The molecule has 0 radical (unpaired) electrons. The van der Waals surface area contributed by atoms with Crippen molar-refractivity contribution in [1.29, 1.82) is 0 Å². The summed E-state index contributed by atoms with van der Waals surface area (Å²) in [6.45, 7) is 3.33. The second kappa shape index (κ2) is 7.02. The highest BCUT2D eigenvalue weighted by Gasteiger charge is 2.12. The highest BCUT2D eigenvalue weighted by molar-refractivity contribution is 6.30. The van der Waals surface area contributed by atoms with E-state index in [0.29, 0.717) is 27.4 Å². The van der Waals surface area contributed by atoms with E-state index in [-0.39, 0.29) is 11.6 Å². The van der Waals surface area contributed by atoms with Crippen LogP contribution in [0.25, 0.3) is 0 Å². The van der Waals surface area contributed by atoms with Gasteiger partial charge in [-0.05, 0) is 38.1 Å². The molecule has 1 N–H and O–H groups in total. The Labute approximate surface area is 137 Å². The van der Waals surface area contributed by atoms with Crippen LogP contribution in [0.1, 0.15) is 28.4 Å². The molecule has 0 fully saturated rings. The average molecular weight is 332 g/mol. The normalized spacial score (nSPS) is 11.2. The zero-order valence-corrected chi connectivity index (χ0v) is 13.3. The maximum absolute atomic E-state index is 12.0. The van der Waals surface area contributed by atoms with Gasteiger partial charge in [0.05, 0.1) is 10.6 Å². The van der Waals surface area contributed by atoms with E-state index in [0.717, 1.165) is 0 Å². The number of hydrogen-bond donors (Lipinski definition) is 1. The lowest BCUT2D eigenvalue weighted by molar-refractivity contribution is -0.385. The van der Waals surface area contributed by atoms with Crippen molar-refractivity contribution in [2.75, 3.05) is 0 Å². The number of hydrazone groups is 1. The Kier molecular flexibility index (Phi) is 5.08. The average Bonchev–Trinajstić information content (AvgIpc) is 2.53. The van der Waals surface area contributed by atoms with Gasteiger partial charge in [0, 0.05) is 27.8 Å². The molecule has 0 heterocycles. The van der Waals surface area contributed by atoms with Crippen LogP contribution >= 0.6 is 11.6 Å². The van der Waals surface area contributed by atoms with Crippen LogP contribution in [-0.2, 0) is 0 Å². The summed E-state index contributed by atoms with van der Waals surface area (Å²) >= 11 is 5.76. The molecule has 1 amide bonds. The minimum atomic E-state index is -0.446. The Hall–Kier alpha value is -2.73. The SMILES string of the molecule is C/C(=N/NC(=O)c1ccc(Cl)cc1)c1ccc(C)c([N+](=O)[O-])c1. The van der Waals surface area contributed by atoms with Crippen molar-refractivity contribution in [2.24, 2.45) is 5.10 Å². The number of rotatable bonds is 4. The topological polar surface area (TPSA) is 84.6 Å². The summed E-state index contributed by atoms with van der Waals surface area (Å²) in [7, 11) is 0. The van der Waals surface area contributed by atoms with Crippen LogP contribution in [0, 0.1) is 17.0 Å². The Bertz CT molecular complexity index is 786. The number of hydrogen-bond acceptors (Lipinski definition) is 4. The molecule has 0 spiro atoms. The highest BCUT2D eigenvalue weighted by atomic mass is 35.5. The van der Waals surface area contributed by atoms with Crippen molar-refractivity contribution in [3.8, 4) is 0 Å². The van der Waals surface area contributed by atoms with Crippen LogP contribution in [0.4, 0.5) is 5.69 Å². The van der Waals surface area contributed by atoms with Crippen molar-refractivity contribution >= 4 is 28.9 Å². The fourth-order valence-electron chi connectivity index (χ4n) is 1.90. The third-order valence-electron chi connectivity index (χ3n) is 3.26. The number of nitro benzene ring substituents is 1. The Balaban J connectivity index is 2.16. The summed E-state index contributed by atoms with van der Waals surface area (Å²) in [5.41, 5.74) is 4.45. The maximum atomic E-state index is 12.0. The first-order valence-corrected chi connectivity index (χ1v) is 7.12. The van der Waals surface area contributed by atoms with Crippen LogP contribution in [0.2, 0.25) is 5.02 Å². The molecule has 0 aliphatic carbocycles. The molecule has 2 rings (SSSR count). The number of carbonyl (C=O) groups is 1. The van der Waals surface area contributed by atoms with E-state index in [4.69, 9.17) is 11.6 Å². The van der Waals surface area contributed by atoms with Gasteiger partial charge >= 0.3 is 0 Å². The summed E-state index contributed by atoms with van der Waals surface area (Å²) in [5.74, 6) is -0.386. The molecule has 0 atom stereocenters. The van der Waals surface area contributed by atoms with Gasteiger partial charge in [0.2, 0.25) is 0 Å². The Morgan fingerprint density at radius 3 is 2.39 bits per heavy atom. The van der Waals surface area contributed by atoms with Gasteiger partial charge in [-0.3, -0.25) is 14.9 Å². The summed E-state index contributed by atoms with van der Waals surface area (Å²) in [6, 6.07) is 11.2. The molecule has 0 unspecified atom stereocenters. The molecule has 0 saturated heterocycles. The van der Waals surface area contributed by atoms with Crippen molar-refractivity contribution in [2.45, 2.75) is 13.8 Å². The van der Waals surface area contributed by atoms with Crippen LogP contribution in [-0.4, -0.2) is 16.5 Å². The lowest BCUT2D eigenvalue weighted by atomic mass is 10.1. The second-order valence-corrected chi connectivity index (χ2v) is 5.34. The number of halogens is 1. The molecule has 118 valence electrons. The molecule has 6 nitrogen and oxygen atoms in total. The molecule has 0 aliphatic heterocycles. The van der Waals surface area contributed by atoms with Crippen molar-refractivity contribution in [3.63, 3.8) is 0 Å². The van der Waals surface area contributed by atoms with Gasteiger partial charge in [0.15, 0.2) is 0 Å². The summed E-state index contributed by atoms with van der Waals surface area (Å²) < 4.78 is 0. The fraction of sp³-hybridized carbons (Fsp3) is 0.125. The number of aryl methyl sites for hydroxylation is 1. The number of carbonyl (C=O) groups excluding carboxylic acids is 1. The maximum Gasteiger partial charge on any atom is 0.272 e. The molecule has 23 heavy (non-hydrogen) atoms. The fourth-order valence-corrected chi connectivity index (χ4v) is 2.02. The molecule has 2 aromatic carbocycles. The van der Waals surface area contributed by atoms with E-state index in [1.165, 1.54) is 6.07 Å². The minimum absolute atomic E-state index is 0.0149. The summed E-state index contributed by atoms with van der Waals surface area (Å²) in [4.78, 5) is 22.5. The molecule has 2 aromatic rings. The highest BCUT2D eigenvalue weighted by Crippen LogP contribution is 2.19. The first-order valence-electron chi connectivity index (χ1n) is 6.74. The molecule has 0 saturated carbocycles. The lowest BCUT2D eigenvalue weighted by Gasteiger charge is -2.04. The van der Waals surface area contributed by atoms with E-state index in [9.17, 15) is 14.9 Å². The zero-order valence-electron chi connectivity index (χ0n) is 12.5. The van der Waals surface area contributed by atoms with Gasteiger partial charge in [-0.2, -0.15) is 5.10 Å². The van der Waals surface area contributed by atoms with Gasteiger partial charge in [-0.25, -0.2) is 5.43 Å². The van der Waals surface area contributed by atoms with Gasteiger partial charge < -0.3 is 0 Å². The smallest absolute Gasteiger partial charge is 0.267 e. The van der Waals surface area contributed by atoms with Crippen molar-refractivity contribution in [1.82, 2.24) is 5.43 Å². The van der Waals surface area contributed by atoms with Crippen LogP contribution in [0.15, 0.2) is 47.6 Å². The van der Waals surface area contributed by atoms with Gasteiger partial charge in [-0.1, -0.05) is 23.7 Å². The van der Waals surface area contributed by atoms with E-state index in [1.54, 1.807) is 50.2 Å². The van der Waals surface area contributed by atoms with E-state index in [2.05, 4.69) is 10.5 Å². The Morgan fingerprint density at radius 2 is 1.78 bits per heavy atom. The molecule has 0 aromatic heterocycles. The quantitative estimate of drug-likeness (QED) is 0.526. The number of amides is 1. The number of benzene rings is 2. The first-order chi connectivity index (χ1) is 10.9. The Morgan fingerprint density at radius 1 is 1.17 bits per heavy atom. The van der Waals surface area contributed by atoms with Crippen molar-refractivity contribution in [3.05, 3.63) is 74.3 Å². The van der Waals surface area contributed by atoms with Gasteiger partial charge in [0.1, 0.15) is 0 Å². The second-order valence-electron chi connectivity index (χ2n) is 4.90. The van der Waals surface area contributed by atoms with E-state index < -0.39 is 4.92 Å². The number of nitrogens with one attached hydrogen (secondary N) is 1. The third-order valence-corrected chi connectivity index (χ3v) is 3.51. The minimum Gasteiger partial charge on any atom is -0.267 e. The lowest BCUT2D eigenvalue weighted by Crippen LogP contribution is -2.19. The van der Waals surface area contributed by atoms with E-state index >= 15 is 0 Å². The molecular formula is C16H14ClN3O3. The van der Waals surface area contributed by atoms with Crippen molar-refractivity contribution < 1.29 is 9.72 Å². The first kappa shape index (κ1) is 16.6. The monoisotopic (exact) mass is 331 g/mol. The van der Waals surface area contributed by atoms with Gasteiger partial charge in [0.25, 0.3) is 11.6 Å².